The molecule has 0 saturated carbocycles. The van der Waals surface area contributed by atoms with Gasteiger partial charge in [0, 0.05) is 3.58 Å². The molecular formula is C13H23IN2O4. The molecule has 20 heavy (non-hydrogen) atoms. The average Bonchev–Trinajstić information content (AvgIpc) is 2.09. The number of ether oxygens (including phenoxy) is 2. The zero-order valence-electron chi connectivity index (χ0n) is 12.9. The van der Waals surface area contributed by atoms with Gasteiger partial charge in [0.05, 0.1) is 6.54 Å². The van der Waals surface area contributed by atoms with Crippen molar-refractivity contribution in [3.05, 3.63) is 10.2 Å². The van der Waals surface area contributed by atoms with E-state index in [4.69, 9.17) is 9.47 Å². The van der Waals surface area contributed by atoms with Gasteiger partial charge < -0.3 is 9.47 Å². The van der Waals surface area contributed by atoms with Crippen LogP contribution in [0.15, 0.2) is 10.2 Å². The number of halogens is 1. The van der Waals surface area contributed by atoms with Gasteiger partial charge in [-0.2, -0.15) is 0 Å². The maximum atomic E-state index is 12.0. The fourth-order valence-electron chi connectivity index (χ4n) is 1.05. The molecule has 0 unspecified atom stereocenters. The normalized spacial score (nSPS) is 11.6. The summed E-state index contributed by atoms with van der Waals surface area (Å²) in [6.07, 6.45) is -1.39. The molecule has 0 saturated heterocycles. The van der Waals surface area contributed by atoms with Gasteiger partial charge in [-0.05, 0) is 64.1 Å². The topological polar surface area (TPSA) is 67.9 Å². The van der Waals surface area contributed by atoms with Gasteiger partial charge in [-0.1, -0.05) is 6.58 Å². The predicted molar refractivity (Wildman–Crippen MR) is 85.5 cm³/mol. The van der Waals surface area contributed by atoms with Crippen molar-refractivity contribution in [3.8, 4) is 0 Å². The van der Waals surface area contributed by atoms with E-state index in [2.05, 4.69) is 12.0 Å². The summed E-state index contributed by atoms with van der Waals surface area (Å²) in [5, 5.41) is 1.04. The minimum atomic E-state index is -0.721. The van der Waals surface area contributed by atoms with Gasteiger partial charge >= 0.3 is 12.2 Å². The third-order valence-electron chi connectivity index (χ3n) is 1.57. The van der Waals surface area contributed by atoms with E-state index in [-0.39, 0.29) is 6.54 Å². The molecule has 0 aromatic carbocycles. The molecule has 0 radical (unpaired) electrons. The van der Waals surface area contributed by atoms with Crippen LogP contribution in [0.25, 0.3) is 0 Å². The van der Waals surface area contributed by atoms with E-state index in [0.29, 0.717) is 3.58 Å². The van der Waals surface area contributed by atoms with Crippen molar-refractivity contribution in [2.24, 2.45) is 0 Å². The first-order valence-electron chi connectivity index (χ1n) is 6.13. The van der Waals surface area contributed by atoms with Crippen molar-refractivity contribution in [2.45, 2.75) is 52.7 Å². The van der Waals surface area contributed by atoms with Gasteiger partial charge in [0.25, 0.3) is 0 Å². The highest BCUT2D eigenvalue weighted by Gasteiger charge is 2.25. The van der Waals surface area contributed by atoms with Crippen LogP contribution in [0.2, 0.25) is 0 Å². The fraction of sp³-hybridized carbons (Fsp3) is 0.692. The van der Waals surface area contributed by atoms with Crippen molar-refractivity contribution < 1.29 is 19.1 Å². The molecule has 1 N–H and O–H groups in total. The maximum absolute atomic E-state index is 12.0. The van der Waals surface area contributed by atoms with Gasteiger partial charge in [0.2, 0.25) is 0 Å². The Morgan fingerprint density at radius 3 is 1.90 bits per heavy atom. The molecule has 0 bridgehead atoms. The molecule has 0 aromatic heterocycles. The monoisotopic (exact) mass is 398 g/mol. The summed E-state index contributed by atoms with van der Waals surface area (Å²) in [6, 6.07) is 0. The minimum Gasteiger partial charge on any atom is -0.443 e. The average molecular weight is 398 g/mol. The number of nitrogens with one attached hydrogen (secondary N) is 1. The first-order chi connectivity index (χ1) is 8.80. The molecular weight excluding hydrogens is 375 g/mol. The van der Waals surface area contributed by atoms with E-state index in [9.17, 15) is 9.59 Å². The largest absolute Gasteiger partial charge is 0.443 e. The van der Waals surface area contributed by atoms with Crippen LogP contribution in [0.5, 0.6) is 0 Å². The van der Waals surface area contributed by atoms with Crippen molar-refractivity contribution in [1.29, 1.82) is 0 Å². The zero-order chi connectivity index (χ0) is 16.1. The van der Waals surface area contributed by atoms with Crippen LogP contribution in [0, 0.1) is 0 Å². The highest BCUT2D eigenvalue weighted by molar-refractivity contribution is 14.1. The molecule has 0 atom stereocenters. The maximum Gasteiger partial charge on any atom is 0.429 e. The minimum absolute atomic E-state index is 0.134. The van der Waals surface area contributed by atoms with E-state index in [0.717, 1.165) is 5.01 Å². The van der Waals surface area contributed by atoms with Crippen molar-refractivity contribution in [1.82, 2.24) is 10.4 Å². The Bertz CT molecular complexity index is 383. The summed E-state index contributed by atoms with van der Waals surface area (Å²) in [4.78, 5) is 23.7. The van der Waals surface area contributed by atoms with Crippen molar-refractivity contribution in [3.63, 3.8) is 0 Å². The van der Waals surface area contributed by atoms with E-state index in [1.165, 1.54) is 0 Å². The van der Waals surface area contributed by atoms with Crippen LogP contribution in [-0.2, 0) is 9.47 Å². The number of nitrogens with zero attached hydrogens (tertiary/aromatic N) is 1. The molecule has 0 aromatic rings. The number of hydrazine groups is 1. The Balaban J connectivity index is 4.77. The lowest BCUT2D eigenvalue weighted by molar-refractivity contribution is 0.00401. The van der Waals surface area contributed by atoms with Gasteiger partial charge in [0.1, 0.15) is 11.2 Å². The first kappa shape index (κ1) is 19.0. The molecule has 7 heteroatoms. The van der Waals surface area contributed by atoms with Gasteiger partial charge in [-0.15, -0.1) is 0 Å². The Kier molecular flexibility index (Phi) is 6.79. The van der Waals surface area contributed by atoms with Crippen LogP contribution in [0.3, 0.4) is 0 Å². The van der Waals surface area contributed by atoms with Crippen LogP contribution < -0.4 is 5.43 Å². The number of amides is 2. The smallest absolute Gasteiger partial charge is 0.429 e. The lowest BCUT2D eigenvalue weighted by atomic mass is 10.2. The standard InChI is InChI=1S/C13H23IN2O4/c1-9(14)8-16(11(18)20-13(5,6)7)15-10(17)19-12(2,3)4/h1,8H2,2-7H3,(H,15,17). The predicted octanol–water partition coefficient (Wildman–Crippen LogP) is 3.61. The summed E-state index contributed by atoms with van der Waals surface area (Å²) in [5.74, 6) is 0. The number of carbonyl (C=O) groups is 2. The highest BCUT2D eigenvalue weighted by Crippen LogP contribution is 2.12. The van der Waals surface area contributed by atoms with Gasteiger partial charge in [-0.3, -0.25) is 0 Å². The number of hydrogen-bond acceptors (Lipinski definition) is 4. The molecule has 0 aliphatic heterocycles. The first-order valence-corrected chi connectivity index (χ1v) is 7.21. The number of carbonyl (C=O) groups excluding carboxylic acids is 2. The van der Waals surface area contributed by atoms with Crippen molar-refractivity contribution in [2.75, 3.05) is 6.54 Å². The van der Waals surface area contributed by atoms with Gasteiger partial charge in [-0.25, -0.2) is 20.0 Å². The van der Waals surface area contributed by atoms with E-state index in [1.54, 1.807) is 41.5 Å². The van der Waals surface area contributed by atoms with Crippen LogP contribution in [-0.4, -0.2) is 34.9 Å². The molecule has 0 spiro atoms. The molecule has 0 rings (SSSR count). The van der Waals surface area contributed by atoms with Crippen molar-refractivity contribution >= 4 is 34.8 Å². The fourth-order valence-corrected chi connectivity index (χ4v) is 1.39. The van der Waals surface area contributed by atoms with Crippen LogP contribution in [0.4, 0.5) is 9.59 Å². The zero-order valence-corrected chi connectivity index (χ0v) is 15.0. The summed E-state index contributed by atoms with van der Waals surface area (Å²) >= 11 is 1.97. The van der Waals surface area contributed by atoms with E-state index < -0.39 is 23.4 Å². The van der Waals surface area contributed by atoms with E-state index in [1.807, 2.05) is 22.6 Å². The summed E-state index contributed by atoms with van der Waals surface area (Å²) in [6.45, 7) is 14.3. The quantitative estimate of drug-likeness (QED) is 0.570. The molecule has 0 aliphatic rings. The third-order valence-corrected chi connectivity index (χ3v) is 1.91. The molecule has 2 amide bonds. The molecule has 0 fully saturated rings. The molecule has 0 aliphatic carbocycles. The van der Waals surface area contributed by atoms with Gasteiger partial charge in [0.15, 0.2) is 0 Å². The number of rotatable bonds is 2. The van der Waals surface area contributed by atoms with Crippen LogP contribution in [0.1, 0.15) is 41.5 Å². The second-order valence-corrected chi connectivity index (χ2v) is 7.72. The second kappa shape index (κ2) is 7.14. The second-order valence-electron chi connectivity index (χ2n) is 6.20. The molecule has 116 valence electrons. The highest BCUT2D eigenvalue weighted by atomic mass is 127. The Morgan fingerprint density at radius 2 is 1.55 bits per heavy atom. The summed E-state index contributed by atoms with van der Waals surface area (Å²) < 4.78 is 11.0. The van der Waals surface area contributed by atoms with Crippen LogP contribution >= 0.6 is 22.6 Å². The lowest BCUT2D eigenvalue weighted by Gasteiger charge is -2.28. The Hall–Kier alpha value is -0.990. The SMILES string of the molecule is C=C(I)CN(NC(=O)OC(C)(C)C)C(=O)OC(C)(C)C. The summed E-state index contributed by atoms with van der Waals surface area (Å²) in [7, 11) is 0. The Morgan fingerprint density at radius 1 is 1.10 bits per heavy atom. The third kappa shape index (κ3) is 9.88. The number of hydrogen-bond donors (Lipinski definition) is 1. The molecule has 0 heterocycles. The lowest BCUT2D eigenvalue weighted by Crippen LogP contribution is -2.50. The summed E-state index contributed by atoms with van der Waals surface area (Å²) in [5.41, 5.74) is 1.06. The molecule has 6 nitrogen and oxygen atoms in total. The van der Waals surface area contributed by atoms with E-state index >= 15 is 0 Å². The Labute approximate surface area is 134 Å².